The largest absolute Gasteiger partial charge is 0.489 e. The van der Waals surface area contributed by atoms with E-state index >= 15 is 0 Å². The van der Waals surface area contributed by atoms with Gasteiger partial charge in [-0.05, 0) is 41.5 Å². The number of carboxylic acids is 1. The van der Waals surface area contributed by atoms with Crippen molar-refractivity contribution < 1.29 is 14.6 Å². The predicted octanol–water partition coefficient (Wildman–Crippen LogP) is 4.56. The van der Waals surface area contributed by atoms with E-state index in [-0.39, 0.29) is 12.2 Å². The zero-order valence-corrected chi connectivity index (χ0v) is 13.3. The number of ether oxygens (including phenoxy) is 1. The molecule has 0 fully saturated rings. The molecule has 6 heteroatoms. The Hall–Kier alpha value is -2.48. The van der Waals surface area contributed by atoms with Crippen LogP contribution in [0.1, 0.15) is 11.1 Å². The normalized spacial score (nSPS) is 10.9. The summed E-state index contributed by atoms with van der Waals surface area (Å²) in [4.78, 5) is 10.8. The van der Waals surface area contributed by atoms with E-state index < -0.39 is 5.97 Å². The van der Waals surface area contributed by atoms with Crippen molar-refractivity contribution in [1.82, 2.24) is 0 Å². The Balaban J connectivity index is 2.13. The number of aliphatic carboxylic acids is 1. The third-order valence-electron chi connectivity index (χ3n) is 2.91. The van der Waals surface area contributed by atoms with Gasteiger partial charge in [0.2, 0.25) is 0 Å². The molecule has 0 aliphatic heterocycles. The molecular weight excluding hydrogens is 337 g/mol. The van der Waals surface area contributed by atoms with Crippen molar-refractivity contribution in [3.8, 4) is 11.8 Å². The van der Waals surface area contributed by atoms with Crippen LogP contribution in [0.15, 0.2) is 48.0 Å². The van der Waals surface area contributed by atoms with Crippen molar-refractivity contribution in [1.29, 1.82) is 5.26 Å². The molecule has 2 rings (SSSR count). The minimum Gasteiger partial charge on any atom is -0.489 e. The van der Waals surface area contributed by atoms with E-state index in [1.807, 2.05) is 0 Å². The van der Waals surface area contributed by atoms with Crippen LogP contribution in [-0.4, -0.2) is 11.1 Å². The van der Waals surface area contributed by atoms with Gasteiger partial charge in [0.15, 0.2) is 0 Å². The first kappa shape index (κ1) is 16.9. The van der Waals surface area contributed by atoms with E-state index in [9.17, 15) is 4.79 Å². The highest BCUT2D eigenvalue weighted by molar-refractivity contribution is 6.42. The minimum absolute atomic E-state index is 0.286. The Labute approximate surface area is 143 Å². The number of nitriles is 1. The van der Waals surface area contributed by atoms with Gasteiger partial charge in [-0.2, -0.15) is 5.26 Å². The van der Waals surface area contributed by atoms with Crippen LogP contribution in [0.25, 0.3) is 6.08 Å². The molecule has 0 spiro atoms. The van der Waals surface area contributed by atoms with Crippen molar-refractivity contribution in [2.75, 3.05) is 0 Å². The van der Waals surface area contributed by atoms with Gasteiger partial charge in [-0.25, -0.2) is 4.79 Å². The summed E-state index contributed by atoms with van der Waals surface area (Å²) in [7, 11) is 0. The fourth-order valence-electron chi connectivity index (χ4n) is 1.80. The number of hydrogen-bond donors (Lipinski definition) is 1. The molecule has 0 atom stereocenters. The topological polar surface area (TPSA) is 70.3 Å². The second-order valence-corrected chi connectivity index (χ2v) is 5.40. The molecule has 23 heavy (non-hydrogen) atoms. The van der Waals surface area contributed by atoms with Crippen LogP contribution in [0.3, 0.4) is 0 Å². The molecule has 2 aromatic rings. The number of benzene rings is 2. The summed E-state index contributed by atoms with van der Waals surface area (Å²) in [6, 6.07) is 13.6. The monoisotopic (exact) mass is 347 g/mol. The number of rotatable bonds is 5. The average Bonchev–Trinajstić information content (AvgIpc) is 2.54. The number of halogens is 2. The quantitative estimate of drug-likeness (QED) is 0.635. The van der Waals surface area contributed by atoms with E-state index in [1.54, 1.807) is 48.5 Å². The minimum atomic E-state index is -1.27. The van der Waals surface area contributed by atoms with E-state index in [4.69, 9.17) is 38.3 Å². The van der Waals surface area contributed by atoms with Crippen LogP contribution in [0.5, 0.6) is 5.75 Å². The van der Waals surface area contributed by atoms with Gasteiger partial charge >= 0.3 is 5.97 Å². The number of carboxylic acid groups (broad SMARTS) is 1. The van der Waals surface area contributed by atoms with Crippen molar-refractivity contribution in [3.63, 3.8) is 0 Å². The number of nitrogens with zero attached hydrogens (tertiary/aromatic N) is 1. The second-order valence-electron chi connectivity index (χ2n) is 4.58. The summed E-state index contributed by atoms with van der Waals surface area (Å²) < 4.78 is 5.64. The predicted molar refractivity (Wildman–Crippen MR) is 88.5 cm³/mol. The van der Waals surface area contributed by atoms with Crippen LogP contribution in [-0.2, 0) is 11.4 Å². The Bertz CT molecular complexity index is 810. The molecule has 0 saturated heterocycles. The Kier molecular flexibility index (Phi) is 5.64. The van der Waals surface area contributed by atoms with Gasteiger partial charge in [0, 0.05) is 0 Å². The third kappa shape index (κ3) is 4.75. The van der Waals surface area contributed by atoms with Crippen molar-refractivity contribution in [3.05, 3.63) is 69.2 Å². The summed E-state index contributed by atoms with van der Waals surface area (Å²) in [6.07, 6.45) is 1.29. The first-order chi connectivity index (χ1) is 11.0. The van der Waals surface area contributed by atoms with Gasteiger partial charge in [0.25, 0.3) is 0 Å². The number of carbonyl (C=O) groups is 1. The standard InChI is InChI=1S/C17H11Cl2NO3/c18-15-5-4-12(8-16(15)19)10-23-14-3-1-2-11(7-14)6-13(9-20)17(21)22/h1-8H,10H2,(H,21,22). The molecule has 0 aromatic heterocycles. The summed E-state index contributed by atoms with van der Waals surface area (Å²) in [5.41, 5.74) is 1.07. The second kappa shape index (κ2) is 7.68. The first-order valence-electron chi connectivity index (χ1n) is 6.51. The van der Waals surface area contributed by atoms with Crippen LogP contribution in [0.2, 0.25) is 10.0 Å². The molecular formula is C17H11Cl2NO3. The SMILES string of the molecule is N#CC(=Cc1cccc(OCc2ccc(Cl)c(Cl)c2)c1)C(=O)O. The third-order valence-corrected chi connectivity index (χ3v) is 3.65. The molecule has 0 heterocycles. The summed E-state index contributed by atoms with van der Waals surface area (Å²) in [5.74, 6) is -0.720. The highest BCUT2D eigenvalue weighted by atomic mass is 35.5. The molecule has 0 unspecified atom stereocenters. The summed E-state index contributed by atoms with van der Waals surface area (Å²) >= 11 is 11.8. The van der Waals surface area contributed by atoms with Gasteiger partial charge in [-0.1, -0.05) is 41.4 Å². The lowest BCUT2D eigenvalue weighted by Gasteiger charge is -2.08. The molecule has 0 aliphatic rings. The van der Waals surface area contributed by atoms with E-state index in [2.05, 4.69) is 0 Å². The van der Waals surface area contributed by atoms with Gasteiger partial charge in [-0.3, -0.25) is 0 Å². The highest BCUT2D eigenvalue weighted by Crippen LogP contribution is 2.24. The maximum absolute atomic E-state index is 10.8. The average molecular weight is 348 g/mol. The van der Waals surface area contributed by atoms with Crippen LogP contribution in [0, 0.1) is 11.3 Å². The molecule has 0 amide bonds. The smallest absolute Gasteiger partial charge is 0.346 e. The fraction of sp³-hybridized carbons (Fsp3) is 0.0588. The van der Waals surface area contributed by atoms with E-state index in [0.29, 0.717) is 21.4 Å². The lowest BCUT2D eigenvalue weighted by atomic mass is 10.1. The summed E-state index contributed by atoms with van der Waals surface area (Å²) in [5, 5.41) is 18.6. The van der Waals surface area contributed by atoms with Crippen molar-refractivity contribution in [2.24, 2.45) is 0 Å². The Morgan fingerprint density at radius 3 is 2.65 bits per heavy atom. The molecule has 0 radical (unpaired) electrons. The molecule has 116 valence electrons. The zero-order valence-electron chi connectivity index (χ0n) is 11.8. The first-order valence-corrected chi connectivity index (χ1v) is 7.27. The maximum Gasteiger partial charge on any atom is 0.346 e. The van der Waals surface area contributed by atoms with Gasteiger partial charge in [0.05, 0.1) is 10.0 Å². The Morgan fingerprint density at radius 2 is 2.00 bits per heavy atom. The maximum atomic E-state index is 10.8. The Morgan fingerprint density at radius 1 is 1.22 bits per heavy atom. The van der Waals surface area contributed by atoms with E-state index in [0.717, 1.165) is 5.56 Å². The molecule has 1 N–H and O–H groups in total. The molecule has 2 aromatic carbocycles. The van der Waals surface area contributed by atoms with Crippen LogP contribution >= 0.6 is 23.2 Å². The highest BCUT2D eigenvalue weighted by Gasteiger charge is 2.06. The molecule has 0 saturated carbocycles. The lowest BCUT2D eigenvalue weighted by molar-refractivity contribution is -0.132. The van der Waals surface area contributed by atoms with Gasteiger partial charge < -0.3 is 9.84 Å². The van der Waals surface area contributed by atoms with E-state index in [1.165, 1.54) is 6.08 Å². The molecule has 4 nitrogen and oxygen atoms in total. The van der Waals surface area contributed by atoms with Gasteiger partial charge in [-0.15, -0.1) is 0 Å². The molecule has 0 bridgehead atoms. The summed E-state index contributed by atoms with van der Waals surface area (Å²) in [6.45, 7) is 0.286. The van der Waals surface area contributed by atoms with Crippen molar-refractivity contribution >= 4 is 35.2 Å². The fourth-order valence-corrected chi connectivity index (χ4v) is 2.12. The van der Waals surface area contributed by atoms with Crippen LogP contribution in [0.4, 0.5) is 0 Å². The molecule has 0 aliphatic carbocycles. The number of hydrogen-bond acceptors (Lipinski definition) is 3. The van der Waals surface area contributed by atoms with Crippen molar-refractivity contribution in [2.45, 2.75) is 6.61 Å². The van der Waals surface area contributed by atoms with Crippen LogP contribution < -0.4 is 4.74 Å². The zero-order chi connectivity index (χ0) is 16.8. The van der Waals surface area contributed by atoms with Gasteiger partial charge in [0.1, 0.15) is 24.0 Å². The lowest BCUT2D eigenvalue weighted by Crippen LogP contribution is -1.98.